The van der Waals surface area contributed by atoms with Gasteiger partial charge < -0.3 is 10.2 Å². The Labute approximate surface area is 184 Å². The van der Waals surface area contributed by atoms with Crippen molar-refractivity contribution < 1.29 is 22.9 Å². The number of alkyl halides is 3. The number of nitrogens with one attached hydrogen (secondary N) is 1. The first-order chi connectivity index (χ1) is 15.1. The molecule has 172 valence electrons. The molecule has 0 radical (unpaired) electrons. The van der Waals surface area contributed by atoms with Gasteiger partial charge in [0.15, 0.2) is 0 Å². The molecule has 1 N–H and O–H groups in total. The van der Waals surface area contributed by atoms with Crippen LogP contribution in [0.25, 0.3) is 0 Å². The molecule has 0 bridgehead atoms. The van der Waals surface area contributed by atoms with Gasteiger partial charge in [-0.2, -0.15) is 13.2 Å². The van der Waals surface area contributed by atoms with Crippen molar-refractivity contribution in [1.29, 1.82) is 0 Å². The molecule has 0 aromatic heterocycles. The van der Waals surface area contributed by atoms with E-state index in [0.29, 0.717) is 43.0 Å². The van der Waals surface area contributed by atoms with Crippen LogP contribution < -0.4 is 5.32 Å². The fourth-order valence-corrected chi connectivity index (χ4v) is 3.65. The Hall–Kier alpha value is -2.98. The minimum atomic E-state index is -4.34. The fraction of sp³-hybridized carbons (Fsp3) is 0.409. The van der Waals surface area contributed by atoms with Gasteiger partial charge in [-0.1, -0.05) is 18.2 Å². The van der Waals surface area contributed by atoms with Gasteiger partial charge in [-0.3, -0.25) is 19.8 Å². The highest BCUT2D eigenvalue weighted by atomic mass is 19.4. The first-order valence-electron chi connectivity index (χ1n) is 10.3. The van der Waals surface area contributed by atoms with Gasteiger partial charge in [-0.25, -0.2) is 0 Å². The van der Waals surface area contributed by atoms with Gasteiger partial charge in [0.2, 0.25) is 5.91 Å². The van der Waals surface area contributed by atoms with E-state index in [2.05, 4.69) is 15.1 Å². The van der Waals surface area contributed by atoms with Crippen LogP contribution in [0, 0.1) is 17.0 Å². The van der Waals surface area contributed by atoms with Gasteiger partial charge in [0.05, 0.1) is 10.5 Å². The number of nitro groups is 1. The van der Waals surface area contributed by atoms with Crippen LogP contribution in [-0.4, -0.2) is 53.4 Å². The zero-order valence-corrected chi connectivity index (χ0v) is 17.7. The maximum atomic E-state index is 12.9. The van der Waals surface area contributed by atoms with Gasteiger partial charge in [0.1, 0.15) is 0 Å². The SMILES string of the molecule is Cc1cc([N+](=O)[O-])ccc1NC(=O)CCN1CCN(Cc2cccc(C(F)(F)F)c2)CC1. The number of benzene rings is 2. The summed E-state index contributed by atoms with van der Waals surface area (Å²) in [5.41, 5.74) is 1.14. The molecule has 1 fully saturated rings. The quantitative estimate of drug-likeness (QED) is 0.508. The van der Waals surface area contributed by atoms with Gasteiger partial charge >= 0.3 is 6.18 Å². The molecule has 3 rings (SSSR count). The summed E-state index contributed by atoms with van der Waals surface area (Å²) >= 11 is 0. The van der Waals surface area contributed by atoms with Gasteiger partial charge in [0.25, 0.3) is 5.69 Å². The van der Waals surface area contributed by atoms with Crippen LogP contribution in [0.5, 0.6) is 0 Å². The first-order valence-corrected chi connectivity index (χ1v) is 10.3. The number of anilines is 1. The summed E-state index contributed by atoms with van der Waals surface area (Å²) < 4.78 is 38.6. The molecule has 1 aliphatic rings. The highest BCUT2D eigenvalue weighted by Crippen LogP contribution is 2.29. The van der Waals surface area contributed by atoms with Gasteiger partial charge in [-0.05, 0) is 30.2 Å². The number of aryl methyl sites for hydroxylation is 1. The second kappa shape index (κ2) is 10.1. The Kier molecular flexibility index (Phi) is 7.47. The van der Waals surface area contributed by atoms with Crippen LogP contribution >= 0.6 is 0 Å². The van der Waals surface area contributed by atoms with E-state index in [1.807, 2.05) is 0 Å². The van der Waals surface area contributed by atoms with E-state index in [0.717, 1.165) is 19.2 Å². The van der Waals surface area contributed by atoms with Crippen LogP contribution in [-0.2, 0) is 17.5 Å². The highest BCUT2D eigenvalue weighted by molar-refractivity contribution is 5.91. The predicted octanol–water partition coefficient (Wildman–Crippen LogP) is 4.07. The number of carbonyl (C=O) groups is 1. The maximum Gasteiger partial charge on any atom is 0.416 e. The molecule has 2 aromatic carbocycles. The van der Waals surface area contributed by atoms with Crippen LogP contribution in [0.1, 0.15) is 23.1 Å². The normalized spacial score (nSPS) is 15.5. The van der Waals surface area contributed by atoms with Crippen molar-refractivity contribution in [3.63, 3.8) is 0 Å². The molecular formula is C22H25F3N4O3. The number of carbonyl (C=O) groups excluding carboxylic acids is 1. The minimum Gasteiger partial charge on any atom is -0.326 e. The van der Waals surface area contributed by atoms with E-state index in [9.17, 15) is 28.1 Å². The zero-order chi connectivity index (χ0) is 23.3. The average molecular weight is 450 g/mol. The largest absolute Gasteiger partial charge is 0.416 e. The monoisotopic (exact) mass is 450 g/mol. The van der Waals surface area contributed by atoms with Gasteiger partial charge in [-0.15, -0.1) is 0 Å². The smallest absolute Gasteiger partial charge is 0.326 e. The molecule has 0 spiro atoms. The molecular weight excluding hydrogens is 425 g/mol. The van der Waals surface area contributed by atoms with E-state index < -0.39 is 16.7 Å². The lowest BCUT2D eigenvalue weighted by Crippen LogP contribution is -2.46. The highest BCUT2D eigenvalue weighted by Gasteiger charge is 2.30. The van der Waals surface area contributed by atoms with Crippen LogP contribution in [0.4, 0.5) is 24.5 Å². The molecule has 1 saturated heterocycles. The average Bonchev–Trinajstić information content (AvgIpc) is 2.74. The minimum absolute atomic E-state index is 0.0245. The lowest BCUT2D eigenvalue weighted by atomic mass is 10.1. The maximum absolute atomic E-state index is 12.9. The van der Waals surface area contributed by atoms with E-state index in [1.54, 1.807) is 13.0 Å². The third-order valence-electron chi connectivity index (χ3n) is 5.48. The number of nitrogens with zero attached hydrogens (tertiary/aromatic N) is 3. The Morgan fingerprint density at radius 3 is 2.41 bits per heavy atom. The van der Waals surface area contributed by atoms with E-state index in [1.165, 1.54) is 30.3 Å². The summed E-state index contributed by atoms with van der Waals surface area (Å²) in [6.45, 7) is 5.59. The Balaban J connectivity index is 1.43. The van der Waals surface area contributed by atoms with Crippen molar-refractivity contribution in [3.8, 4) is 0 Å². The number of hydrogen-bond donors (Lipinski definition) is 1. The van der Waals surface area contributed by atoms with Crippen LogP contribution in [0.3, 0.4) is 0 Å². The fourth-order valence-electron chi connectivity index (χ4n) is 3.65. The zero-order valence-electron chi connectivity index (χ0n) is 17.7. The van der Waals surface area contributed by atoms with E-state index in [-0.39, 0.29) is 18.0 Å². The lowest BCUT2D eigenvalue weighted by Gasteiger charge is -2.34. The van der Waals surface area contributed by atoms with Crippen molar-refractivity contribution in [1.82, 2.24) is 9.80 Å². The molecule has 1 aliphatic heterocycles. The molecule has 0 unspecified atom stereocenters. The number of non-ortho nitro benzene ring substituents is 1. The number of hydrogen-bond acceptors (Lipinski definition) is 5. The second-order valence-electron chi connectivity index (χ2n) is 7.87. The molecule has 0 atom stereocenters. The Morgan fingerprint density at radius 1 is 1.09 bits per heavy atom. The summed E-state index contributed by atoms with van der Waals surface area (Å²) in [7, 11) is 0. The summed E-state index contributed by atoms with van der Waals surface area (Å²) in [6.07, 6.45) is -4.06. The molecule has 10 heteroatoms. The van der Waals surface area contributed by atoms with Gasteiger partial charge in [0, 0.05) is 63.5 Å². The second-order valence-corrected chi connectivity index (χ2v) is 7.87. The summed E-state index contributed by atoms with van der Waals surface area (Å²) in [5, 5.41) is 13.6. The summed E-state index contributed by atoms with van der Waals surface area (Å²) in [5.74, 6) is -0.173. The standard InChI is InChI=1S/C22H25F3N4O3/c1-16-13-19(29(31)32)5-6-20(16)26-21(30)7-8-27-9-11-28(12-10-27)15-17-3-2-4-18(14-17)22(23,24)25/h2-6,13-14H,7-12,15H2,1H3,(H,26,30). The Morgan fingerprint density at radius 2 is 1.78 bits per heavy atom. The van der Waals surface area contributed by atoms with Crippen LogP contribution in [0.15, 0.2) is 42.5 Å². The van der Waals surface area contributed by atoms with Crippen molar-refractivity contribution in [3.05, 3.63) is 69.3 Å². The third kappa shape index (κ3) is 6.51. The summed E-state index contributed by atoms with van der Waals surface area (Å²) in [4.78, 5) is 26.8. The van der Waals surface area contributed by atoms with Crippen LogP contribution in [0.2, 0.25) is 0 Å². The molecule has 7 nitrogen and oxygen atoms in total. The molecule has 2 aromatic rings. The summed E-state index contributed by atoms with van der Waals surface area (Å²) in [6, 6.07) is 9.69. The molecule has 0 aliphatic carbocycles. The molecule has 1 amide bonds. The van der Waals surface area contributed by atoms with Crippen molar-refractivity contribution in [2.45, 2.75) is 26.1 Å². The molecule has 32 heavy (non-hydrogen) atoms. The number of amides is 1. The first kappa shape index (κ1) is 23.7. The van der Waals surface area contributed by atoms with E-state index >= 15 is 0 Å². The number of nitro benzene ring substituents is 1. The number of piperazine rings is 1. The van der Waals surface area contributed by atoms with E-state index in [4.69, 9.17) is 0 Å². The van der Waals surface area contributed by atoms with Crippen molar-refractivity contribution in [2.75, 3.05) is 38.0 Å². The lowest BCUT2D eigenvalue weighted by molar-refractivity contribution is -0.384. The third-order valence-corrected chi connectivity index (χ3v) is 5.48. The number of rotatable bonds is 7. The Bertz CT molecular complexity index is 973. The molecule has 0 saturated carbocycles. The topological polar surface area (TPSA) is 78.7 Å². The molecule has 1 heterocycles. The van der Waals surface area contributed by atoms with Crippen molar-refractivity contribution in [2.24, 2.45) is 0 Å². The number of halogens is 3. The van der Waals surface area contributed by atoms with Crippen molar-refractivity contribution >= 4 is 17.3 Å². The predicted molar refractivity (Wildman–Crippen MR) is 114 cm³/mol.